The van der Waals surface area contributed by atoms with Crippen LogP contribution in [-0.2, 0) is 37.4 Å². The van der Waals surface area contributed by atoms with Gasteiger partial charge < -0.3 is 27.8 Å². The first-order valence-electron chi connectivity index (χ1n) is 14.7. The molecular weight excluding hydrogens is 544 g/mol. The third kappa shape index (κ3) is 4.73. The summed E-state index contributed by atoms with van der Waals surface area (Å²) in [6, 6.07) is 0. The molecule has 0 aromatic heterocycles. The number of methoxy groups -OCH3 is 3. The number of carbonyl (C=O) groups is 2. The fraction of sp³-hybridized carbons (Fsp3) is 0.867. The Morgan fingerprint density at radius 1 is 0.850 bits per heavy atom. The Morgan fingerprint density at radius 2 is 1.30 bits per heavy atom. The maximum Gasteiger partial charge on any atom is 0.333 e. The van der Waals surface area contributed by atoms with Crippen molar-refractivity contribution in [3.05, 3.63) is 11.6 Å². The number of carbonyl (C=O) groups excluding carboxylic acids is 2. The first-order chi connectivity index (χ1) is 18.3. The van der Waals surface area contributed by atoms with E-state index in [1.54, 1.807) is 6.08 Å². The molecule has 8 atom stereocenters. The zero-order valence-corrected chi connectivity index (χ0v) is 28.9. The van der Waals surface area contributed by atoms with Crippen LogP contribution < -0.4 is 0 Å². The summed E-state index contributed by atoms with van der Waals surface area (Å²) in [5.41, 5.74) is 0.450. The maximum atomic E-state index is 13.9. The normalized spacial score (nSPS) is 35.1. The van der Waals surface area contributed by atoms with E-state index < -0.39 is 40.2 Å². The summed E-state index contributed by atoms with van der Waals surface area (Å²) in [7, 11) is 0.257. The average Bonchev–Trinajstić information content (AvgIpc) is 3.42. The van der Waals surface area contributed by atoms with Gasteiger partial charge in [-0.05, 0) is 36.3 Å². The van der Waals surface area contributed by atoms with Gasteiger partial charge in [0.1, 0.15) is 0 Å². The van der Waals surface area contributed by atoms with Gasteiger partial charge in [0.05, 0.1) is 25.2 Å². The predicted octanol–water partition coefficient (Wildman–Crippen LogP) is 5.19. The molecule has 0 radical (unpaired) electrons. The van der Waals surface area contributed by atoms with Crippen molar-refractivity contribution in [3.63, 3.8) is 0 Å². The van der Waals surface area contributed by atoms with Gasteiger partial charge in [-0.1, -0.05) is 47.6 Å². The van der Waals surface area contributed by atoms with Crippen LogP contribution in [0.4, 0.5) is 0 Å². The molecule has 10 heteroatoms. The molecule has 5 aliphatic rings. The molecule has 0 unspecified atom stereocenters. The van der Waals surface area contributed by atoms with Crippen molar-refractivity contribution < 1.29 is 37.4 Å². The van der Waals surface area contributed by atoms with Gasteiger partial charge in [-0.3, -0.25) is 4.79 Å². The van der Waals surface area contributed by atoms with Crippen LogP contribution in [0.3, 0.4) is 0 Å². The second-order valence-electron chi connectivity index (χ2n) is 15.2. The molecule has 5 rings (SSSR count). The van der Waals surface area contributed by atoms with Gasteiger partial charge in [0, 0.05) is 62.6 Å². The average molecular weight is 597 g/mol. The molecule has 0 spiro atoms. The molecule has 2 saturated heterocycles. The van der Waals surface area contributed by atoms with Crippen LogP contribution in [0.1, 0.15) is 41.5 Å². The van der Waals surface area contributed by atoms with Crippen molar-refractivity contribution in [3.8, 4) is 0 Å². The summed E-state index contributed by atoms with van der Waals surface area (Å²) in [4.78, 5) is 26.9. The lowest BCUT2D eigenvalue weighted by Gasteiger charge is -2.56. The van der Waals surface area contributed by atoms with E-state index in [2.05, 4.69) is 67.7 Å². The highest BCUT2D eigenvalue weighted by atomic mass is 28.4. The molecule has 2 aliphatic heterocycles. The largest absolute Gasteiger partial charge is 0.466 e. The SMILES string of the molecule is COC(=O)C1=C[C@H]2C(=O)C(OC)(OC)[C@@H]1[C@H]1[C@@H]3O[C@H]([C@@H](CO[Si](C)(C)C(C)(C)C)[C@H]3CO[Si](C)(C)C(C)(C)C)[C@H]12. The first kappa shape index (κ1) is 32.0. The fourth-order valence-corrected chi connectivity index (χ4v) is 9.04. The highest BCUT2D eigenvalue weighted by molar-refractivity contribution is 6.74. The number of esters is 1. The van der Waals surface area contributed by atoms with Crippen molar-refractivity contribution in [2.24, 2.45) is 35.5 Å². The second-order valence-corrected chi connectivity index (χ2v) is 24.9. The third-order valence-electron chi connectivity index (χ3n) is 11.4. The molecule has 0 aromatic rings. The Labute approximate surface area is 243 Å². The van der Waals surface area contributed by atoms with Crippen LogP contribution >= 0.6 is 0 Å². The van der Waals surface area contributed by atoms with Gasteiger partial charge >= 0.3 is 5.97 Å². The molecular formula is C30H52O8Si2. The van der Waals surface area contributed by atoms with E-state index in [1.807, 2.05) is 0 Å². The van der Waals surface area contributed by atoms with E-state index in [1.165, 1.54) is 21.3 Å². The minimum atomic E-state index is -2.05. The Morgan fingerprint density at radius 3 is 1.70 bits per heavy atom. The summed E-state index contributed by atoms with van der Waals surface area (Å²) < 4.78 is 37.3. The molecule has 0 N–H and O–H groups in total. The van der Waals surface area contributed by atoms with Crippen molar-refractivity contribution in [2.75, 3.05) is 34.5 Å². The monoisotopic (exact) mass is 596 g/mol. The first-order valence-corrected chi connectivity index (χ1v) is 20.5. The fourth-order valence-electron chi connectivity index (χ4n) is 6.96. The molecule has 40 heavy (non-hydrogen) atoms. The number of fused-ring (bicyclic) bond motifs is 3. The highest BCUT2D eigenvalue weighted by Crippen LogP contribution is 2.65. The van der Waals surface area contributed by atoms with Gasteiger partial charge in [0.2, 0.25) is 5.79 Å². The Bertz CT molecular complexity index is 1040. The number of Topliss-reactive ketones (excluding diaryl/α,β-unsaturated/α-hetero) is 1. The molecule has 0 amide bonds. The Hall–Kier alpha value is -0.886. The van der Waals surface area contributed by atoms with Crippen molar-refractivity contribution in [1.29, 1.82) is 0 Å². The van der Waals surface area contributed by atoms with Crippen molar-refractivity contribution in [1.82, 2.24) is 0 Å². The number of ether oxygens (including phenoxy) is 4. The molecule has 3 fully saturated rings. The third-order valence-corrected chi connectivity index (χ3v) is 20.4. The lowest BCUT2D eigenvalue weighted by Crippen LogP contribution is -2.68. The van der Waals surface area contributed by atoms with Crippen molar-refractivity contribution in [2.45, 2.75) is 95.8 Å². The molecule has 228 valence electrons. The quantitative estimate of drug-likeness (QED) is 0.204. The van der Waals surface area contributed by atoms with Crippen LogP contribution in [0.2, 0.25) is 36.3 Å². The van der Waals surface area contributed by atoms with Gasteiger partial charge in [0.15, 0.2) is 22.4 Å². The minimum absolute atomic E-state index is 0.0601. The van der Waals surface area contributed by atoms with Crippen LogP contribution in [0, 0.1) is 35.5 Å². The van der Waals surface area contributed by atoms with Gasteiger partial charge in [-0.15, -0.1) is 0 Å². The molecule has 2 heterocycles. The van der Waals surface area contributed by atoms with E-state index in [4.69, 9.17) is 27.8 Å². The zero-order chi connectivity index (χ0) is 30.2. The number of rotatable bonds is 9. The number of hydrogen-bond acceptors (Lipinski definition) is 8. The Balaban J connectivity index is 1.74. The highest BCUT2D eigenvalue weighted by Gasteiger charge is 2.74. The van der Waals surface area contributed by atoms with Crippen molar-refractivity contribution >= 4 is 28.4 Å². The molecule has 8 nitrogen and oxygen atoms in total. The summed E-state index contributed by atoms with van der Waals surface area (Å²) in [5, 5.41) is 0.148. The number of ketones is 1. The minimum Gasteiger partial charge on any atom is -0.466 e. The summed E-state index contributed by atoms with van der Waals surface area (Å²) in [6.07, 6.45) is 1.41. The smallest absolute Gasteiger partial charge is 0.333 e. The molecule has 3 aliphatic carbocycles. The Kier molecular flexibility index (Phi) is 8.31. The van der Waals surface area contributed by atoms with E-state index in [0.717, 1.165) is 0 Å². The summed E-state index contributed by atoms with van der Waals surface area (Å²) in [5.74, 6) is -3.39. The number of allylic oxidation sites excluding steroid dienone is 1. The van der Waals surface area contributed by atoms with Crippen LogP contribution in [0.15, 0.2) is 11.6 Å². The predicted molar refractivity (Wildman–Crippen MR) is 158 cm³/mol. The topological polar surface area (TPSA) is 89.5 Å². The van der Waals surface area contributed by atoms with Crippen LogP contribution in [-0.4, -0.2) is 80.9 Å². The molecule has 0 aromatic carbocycles. The van der Waals surface area contributed by atoms with E-state index in [-0.39, 0.29) is 51.7 Å². The van der Waals surface area contributed by atoms with Gasteiger partial charge in [0.25, 0.3) is 0 Å². The lowest BCUT2D eigenvalue weighted by molar-refractivity contribution is -0.255. The van der Waals surface area contributed by atoms with Gasteiger partial charge in [-0.25, -0.2) is 4.79 Å². The zero-order valence-electron chi connectivity index (χ0n) is 26.9. The van der Waals surface area contributed by atoms with Crippen LogP contribution in [0.5, 0.6) is 0 Å². The van der Waals surface area contributed by atoms with E-state index in [0.29, 0.717) is 18.8 Å². The second kappa shape index (κ2) is 10.4. The van der Waals surface area contributed by atoms with Gasteiger partial charge in [-0.2, -0.15) is 0 Å². The van der Waals surface area contributed by atoms with E-state index >= 15 is 0 Å². The molecule has 4 bridgehead atoms. The summed E-state index contributed by atoms with van der Waals surface area (Å²) >= 11 is 0. The van der Waals surface area contributed by atoms with Crippen LogP contribution in [0.25, 0.3) is 0 Å². The standard InChI is InChI=1S/C30H52O8Si2/c1-28(2,3)39(10,11)36-15-19-20(16-37-40(12,13)29(4,5)6)25-22-21(24(19)38-25)17-14-18(27(32)33-7)23(22)30(34-8,35-9)26(17)31/h14,17,19-25H,15-16H2,1-13H3/t17-,19+,20-,21+,22+,23+,24-,25-/m1/s1. The summed E-state index contributed by atoms with van der Waals surface area (Å²) in [6.45, 7) is 23.7. The number of hydrogen-bond donors (Lipinski definition) is 0. The molecule has 1 saturated carbocycles. The van der Waals surface area contributed by atoms with E-state index in [9.17, 15) is 9.59 Å². The lowest BCUT2D eigenvalue weighted by atomic mass is 9.49. The maximum absolute atomic E-state index is 13.9.